The predicted molar refractivity (Wildman–Crippen MR) is 110 cm³/mol. The van der Waals surface area contributed by atoms with Crippen molar-refractivity contribution in [3.8, 4) is 0 Å². The molecule has 156 valence electrons. The van der Waals surface area contributed by atoms with Crippen LogP contribution in [0.25, 0.3) is 0 Å². The second-order valence-electron chi connectivity index (χ2n) is 7.86. The average molecular weight is 420 g/mol. The second kappa shape index (κ2) is 8.71. The van der Waals surface area contributed by atoms with E-state index in [-0.39, 0.29) is 42.5 Å². The minimum absolute atomic E-state index is 0.0754. The van der Waals surface area contributed by atoms with Crippen molar-refractivity contribution in [1.29, 1.82) is 0 Å². The Morgan fingerprint density at radius 3 is 2.41 bits per heavy atom. The number of ether oxygens (including phenoxy) is 1. The van der Waals surface area contributed by atoms with E-state index in [4.69, 9.17) is 16.3 Å². The summed E-state index contributed by atoms with van der Waals surface area (Å²) in [6.45, 7) is 2.75. The van der Waals surface area contributed by atoms with Crippen LogP contribution in [-0.2, 0) is 19.1 Å². The van der Waals surface area contributed by atoms with Gasteiger partial charge in [-0.15, -0.1) is 0 Å². The third-order valence-electron chi connectivity index (χ3n) is 6.08. The van der Waals surface area contributed by atoms with Gasteiger partial charge in [-0.3, -0.25) is 19.3 Å². The van der Waals surface area contributed by atoms with Gasteiger partial charge in [0.05, 0.1) is 41.4 Å². The number of benzene rings is 1. The van der Waals surface area contributed by atoms with Crippen LogP contribution in [0.2, 0.25) is 5.02 Å². The summed E-state index contributed by atoms with van der Waals surface area (Å²) < 4.78 is 5.40. The van der Waals surface area contributed by atoms with Gasteiger partial charge < -0.3 is 15.0 Å². The van der Waals surface area contributed by atoms with Gasteiger partial charge in [0.25, 0.3) is 0 Å². The minimum atomic E-state index is -0.239. The van der Waals surface area contributed by atoms with Crippen LogP contribution in [0.4, 0.5) is 11.4 Å². The van der Waals surface area contributed by atoms with E-state index in [9.17, 15) is 14.4 Å². The van der Waals surface area contributed by atoms with Gasteiger partial charge >= 0.3 is 0 Å². The molecule has 1 saturated carbocycles. The number of hydrogen-bond acceptors (Lipinski definition) is 5. The number of hydrogen-bond donors (Lipinski definition) is 1. The molecule has 2 saturated heterocycles. The van der Waals surface area contributed by atoms with Gasteiger partial charge in [0.1, 0.15) is 0 Å². The first-order valence-electron chi connectivity index (χ1n) is 10.3. The van der Waals surface area contributed by atoms with Gasteiger partial charge in [0.15, 0.2) is 0 Å². The Bertz CT molecular complexity index is 785. The maximum atomic E-state index is 12.6. The number of morpholine rings is 1. The summed E-state index contributed by atoms with van der Waals surface area (Å²) in [5.41, 5.74) is 1.42. The molecule has 0 aromatic heterocycles. The van der Waals surface area contributed by atoms with Crippen LogP contribution in [0.1, 0.15) is 32.1 Å². The molecule has 3 aliphatic rings. The SMILES string of the molecule is O=C(CCN1C(=O)C2CCCCC2C1=O)Nc1cccc(Cl)c1N1CCOCC1. The van der Waals surface area contributed by atoms with Gasteiger partial charge in [-0.25, -0.2) is 0 Å². The van der Waals surface area contributed by atoms with Crippen molar-refractivity contribution in [3.05, 3.63) is 23.2 Å². The Hall–Kier alpha value is -2.12. The minimum Gasteiger partial charge on any atom is -0.378 e. The number of imide groups is 1. The lowest BCUT2D eigenvalue weighted by Crippen LogP contribution is -2.37. The summed E-state index contributed by atoms with van der Waals surface area (Å²) in [6.07, 6.45) is 3.62. The number of rotatable bonds is 5. The molecule has 1 aliphatic carbocycles. The van der Waals surface area contributed by atoms with E-state index >= 15 is 0 Å². The summed E-state index contributed by atoms with van der Waals surface area (Å²) >= 11 is 6.40. The van der Waals surface area contributed by atoms with Crippen LogP contribution in [0.5, 0.6) is 0 Å². The first kappa shape index (κ1) is 20.2. The van der Waals surface area contributed by atoms with Crippen LogP contribution >= 0.6 is 11.6 Å². The zero-order chi connectivity index (χ0) is 20.4. The van der Waals surface area contributed by atoms with Crippen molar-refractivity contribution in [2.45, 2.75) is 32.1 Å². The number of fused-ring (bicyclic) bond motifs is 1. The van der Waals surface area contributed by atoms with Crippen LogP contribution in [-0.4, -0.2) is 55.5 Å². The third-order valence-corrected chi connectivity index (χ3v) is 6.39. The highest BCUT2D eigenvalue weighted by atomic mass is 35.5. The molecule has 0 bridgehead atoms. The fraction of sp³-hybridized carbons (Fsp3) is 0.571. The monoisotopic (exact) mass is 419 g/mol. The molecule has 29 heavy (non-hydrogen) atoms. The van der Waals surface area contributed by atoms with Gasteiger partial charge in [0.2, 0.25) is 17.7 Å². The maximum absolute atomic E-state index is 12.6. The predicted octanol–water partition coefficient (Wildman–Crippen LogP) is 2.68. The van der Waals surface area contributed by atoms with Crippen LogP contribution in [0.15, 0.2) is 18.2 Å². The van der Waals surface area contributed by atoms with Gasteiger partial charge in [-0.05, 0) is 25.0 Å². The molecule has 2 heterocycles. The molecule has 1 aromatic carbocycles. The number of anilines is 2. The molecule has 1 N–H and O–H groups in total. The molecule has 2 unspecified atom stereocenters. The summed E-state index contributed by atoms with van der Waals surface area (Å²) in [5.74, 6) is -0.814. The van der Waals surface area contributed by atoms with Crippen LogP contribution < -0.4 is 10.2 Å². The average Bonchev–Trinajstić information content (AvgIpc) is 2.98. The second-order valence-corrected chi connectivity index (χ2v) is 8.27. The fourth-order valence-corrected chi connectivity index (χ4v) is 4.90. The fourth-order valence-electron chi connectivity index (χ4n) is 4.60. The quantitative estimate of drug-likeness (QED) is 0.742. The largest absolute Gasteiger partial charge is 0.378 e. The number of carbonyl (C=O) groups excluding carboxylic acids is 3. The number of nitrogens with one attached hydrogen (secondary N) is 1. The number of carbonyl (C=O) groups is 3. The normalized spacial score (nSPS) is 24.6. The smallest absolute Gasteiger partial charge is 0.233 e. The standard InChI is InChI=1S/C21H26ClN3O4/c22-16-6-3-7-17(19(16)24-10-12-29-13-11-24)23-18(26)8-9-25-20(27)14-4-1-2-5-15(14)21(25)28/h3,6-7,14-15H,1-2,4-5,8-13H2,(H,23,26). The first-order valence-corrected chi connectivity index (χ1v) is 10.7. The number of likely N-dealkylation sites (tertiary alicyclic amines) is 1. The van der Waals surface area contributed by atoms with E-state index in [0.29, 0.717) is 37.0 Å². The summed E-state index contributed by atoms with van der Waals surface area (Å²) in [5, 5.41) is 3.48. The molecule has 2 aliphatic heterocycles. The van der Waals surface area contributed by atoms with Crippen molar-refractivity contribution < 1.29 is 19.1 Å². The highest BCUT2D eigenvalue weighted by Gasteiger charge is 2.47. The number of halogens is 1. The molecule has 3 fully saturated rings. The topological polar surface area (TPSA) is 79.0 Å². The molecule has 1 aromatic rings. The molecule has 0 radical (unpaired) electrons. The zero-order valence-corrected chi connectivity index (χ0v) is 17.1. The highest BCUT2D eigenvalue weighted by molar-refractivity contribution is 6.34. The Morgan fingerprint density at radius 1 is 1.10 bits per heavy atom. The molecule has 2 atom stereocenters. The first-order chi connectivity index (χ1) is 14.1. The summed E-state index contributed by atoms with van der Waals surface area (Å²) in [6, 6.07) is 5.40. The van der Waals surface area contributed by atoms with Crippen LogP contribution in [0.3, 0.4) is 0 Å². The number of amides is 3. The van der Waals surface area contributed by atoms with E-state index in [0.717, 1.165) is 31.4 Å². The summed E-state index contributed by atoms with van der Waals surface area (Å²) in [7, 11) is 0. The Kier molecular flexibility index (Phi) is 6.06. The molecule has 8 heteroatoms. The lowest BCUT2D eigenvalue weighted by Gasteiger charge is -2.31. The lowest BCUT2D eigenvalue weighted by atomic mass is 9.81. The van der Waals surface area contributed by atoms with E-state index in [2.05, 4.69) is 10.2 Å². The molecule has 7 nitrogen and oxygen atoms in total. The van der Waals surface area contributed by atoms with Crippen molar-refractivity contribution in [1.82, 2.24) is 4.90 Å². The van der Waals surface area contributed by atoms with Crippen molar-refractivity contribution >= 4 is 40.7 Å². The van der Waals surface area contributed by atoms with Crippen molar-refractivity contribution in [3.63, 3.8) is 0 Å². The van der Waals surface area contributed by atoms with E-state index < -0.39 is 0 Å². The molecule has 0 spiro atoms. The zero-order valence-electron chi connectivity index (χ0n) is 16.4. The third kappa shape index (κ3) is 4.12. The Balaban J connectivity index is 1.40. The molecule has 4 rings (SSSR count). The highest BCUT2D eigenvalue weighted by Crippen LogP contribution is 2.38. The van der Waals surface area contributed by atoms with Gasteiger partial charge in [-0.1, -0.05) is 30.5 Å². The van der Waals surface area contributed by atoms with E-state index in [1.165, 1.54) is 4.90 Å². The number of para-hydroxylation sites is 1. The molecular weight excluding hydrogens is 394 g/mol. The van der Waals surface area contributed by atoms with Crippen LogP contribution in [0, 0.1) is 11.8 Å². The van der Waals surface area contributed by atoms with E-state index in [1.807, 2.05) is 6.07 Å². The van der Waals surface area contributed by atoms with Crippen molar-refractivity contribution in [2.24, 2.45) is 11.8 Å². The van der Waals surface area contributed by atoms with Crippen molar-refractivity contribution in [2.75, 3.05) is 43.1 Å². The molecule has 3 amide bonds. The molecular formula is C21H26ClN3O4. The lowest BCUT2D eigenvalue weighted by molar-refractivity contribution is -0.140. The number of nitrogens with zero attached hydrogens (tertiary/aromatic N) is 2. The Labute approximate surface area is 175 Å². The Morgan fingerprint density at radius 2 is 1.76 bits per heavy atom. The van der Waals surface area contributed by atoms with E-state index in [1.54, 1.807) is 12.1 Å². The maximum Gasteiger partial charge on any atom is 0.233 e. The van der Waals surface area contributed by atoms with Gasteiger partial charge in [0, 0.05) is 26.1 Å². The van der Waals surface area contributed by atoms with Gasteiger partial charge in [-0.2, -0.15) is 0 Å². The summed E-state index contributed by atoms with van der Waals surface area (Å²) in [4.78, 5) is 41.1.